The maximum absolute atomic E-state index is 11.8. The van der Waals surface area contributed by atoms with Crippen molar-refractivity contribution in [1.82, 2.24) is 5.16 Å². The van der Waals surface area contributed by atoms with Crippen LogP contribution in [0.15, 0.2) is 34.9 Å². The number of anilines is 1. The van der Waals surface area contributed by atoms with Crippen molar-refractivity contribution in [3.63, 3.8) is 0 Å². The Morgan fingerprint density at radius 1 is 1.40 bits per heavy atom. The van der Waals surface area contributed by atoms with Crippen LogP contribution in [0.2, 0.25) is 0 Å². The van der Waals surface area contributed by atoms with E-state index < -0.39 is 0 Å². The van der Waals surface area contributed by atoms with Gasteiger partial charge in [0.05, 0.1) is 6.61 Å². The van der Waals surface area contributed by atoms with Gasteiger partial charge in [-0.05, 0) is 31.2 Å². The second-order valence-electron chi connectivity index (χ2n) is 4.13. The quantitative estimate of drug-likeness (QED) is 0.836. The molecule has 1 aromatic heterocycles. The summed E-state index contributed by atoms with van der Waals surface area (Å²) in [4.78, 5) is 11.8. The lowest BCUT2D eigenvalue weighted by Gasteiger charge is -2.02. The minimum absolute atomic E-state index is 0.0538. The summed E-state index contributed by atoms with van der Waals surface area (Å²) in [6, 6.07) is 8.69. The molecule has 2 N–H and O–H groups in total. The Kier molecular flexibility index (Phi) is 4.53. The first-order valence-electron chi connectivity index (χ1n) is 6.13. The number of aromatic nitrogens is 1. The second-order valence-corrected chi connectivity index (χ2v) is 4.13. The van der Waals surface area contributed by atoms with E-state index in [9.17, 15) is 4.79 Å². The largest absolute Gasteiger partial charge is 0.395 e. The van der Waals surface area contributed by atoms with Crippen LogP contribution in [0, 0.1) is 18.8 Å². The van der Waals surface area contributed by atoms with Gasteiger partial charge in [-0.25, -0.2) is 0 Å². The molecule has 2 rings (SSSR count). The SMILES string of the molecule is Cc1cc(C(=O)Nc2ccc(C#CCCO)cc2)no1. The standard InChI is InChI=1S/C15H14N2O3/c1-11-10-14(17-20-11)15(19)16-13-7-5-12(6-8-13)4-2-3-9-18/h5-8,10,18H,3,9H2,1H3,(H,16,19). The van der Waals surface area contributed by atoms with Crippen molar-refractivity contribution in [3.05, 3.63) is 47.3 Å². The fourth-order valence-corrected chi connectivity index (χ4v) is 1.53. The third-order valence-corrected chi connectivity index (χ3v) is 2.47. The molecule has 0 spiro atoms. The van der Waals surface area contributed by atoms with Crippen LogP contribution in [-0.4, -0.2) is 22.8 Å². The Labute approximate surface area is 116 Å². The molecule has 0 aliphatic rings. The van der Waals surface area contributed by atoms with Gasteiger partial charge in [0, 0.05) is 23.7 Å². The molecule has 5 heteroatoms. The number of nitrogens with zero attached hydrogens (tertiary/aromatic N) is 1. The van der Waals surface area contributed by atoms with Crippen molar-refractivity contribution in [1.29, 1.82) is 0 Å². The van der Waals surface area contributed by atoms with Crippen LogP contribution in [0.1, 0.15) is 28.2 Å². The van der Waals surface area contributed by atoms with Crippen LogP contribution in [0.3, 0.4) is 0 Å². The number of aliphatic hydroxyl groups is 1. The van der Waals surface area contributed by atoms with Gasteiger partial charge < -0.3 is 14.9 Å². The number of amides is 1. The van der Waals surface area contributed by atoms with Gasteiger partial charge in [0.15, 0.2) is 5.69 Å². The van der Waals surface area contributed by atoms with Crippen LogP contribution in [0.4, 0.5) is 5.69 Å². The van der Waals surface area contributed by atoms with Gasteiger partial charge in [-0.1, -0.05) is 17.0 Å². The van der Waals surface area contributed by atoms with Gasteiger partial charge in [-0.2, -0.15) is 0 Å². The van der Waals surface area contributed by atoms with Crippen molar-refractivity contribution in [2.45, 2.75) is 13.3 Å². The Balaban J connectivity index is 2.01. The third kappa shape index (κ3) is 3.70. The first-order chi connectivity index (χ1) is 9.69. The van der Waals surface area contributed by atoms with E-state index in [2.05, 4.69) is 22.3 Å². The highest BCUT2D eigenvalue weighted by molar-refractivity contribution is 6.02. The van der Waals surface area contributed by atoms with Crippen molar-refractivity contribution < 1.29 is 14.4 Å². The van der Waals surface area contributed by atoms with Gasteiger partial charge in [-0.3, -0.25) is 4.79 Å². The smallest absolute Gasteiger partial charge is 0.277 e. The van der Waals surface area contributed by atoms with Crippen molar-refractivity contribution in [2.75, 3.05) is 11.9 Å². The number of aliphatic hydroxyl groups excluding tert-OH is 1. The Bertz CT molecular complexity index is 648. The monoisotopic (exact) mass is 270 g/mol. The first kappa shape index (κ1) is 13.8. The van der Waals surface area contributed by atoms with Gasteiger partial charge in [0.2, 0.25) is 0 Å². The zero-order chi connectivity index (χ0) is 14.4. The van der Waals surface area contributed by atoms with Crippen LogP contribution in [-0.2, 0) is 0 Å². The highest BCUT2D eigenvalue weighted by Gasteiger charge is 2.10. The van der Waals surface area contributed by atoms with Crippen LogP contribution in [0.5, 0.6) is 0 Å². The summed E-state index contributed by atoms with van der Waals surface area (Å²) in [5.74, 6) is 6.01. The number of aryl methyl sites for hydroxylation is 1. The molecular weight excluding hydrogens is 256 g/mol. The third-order valence-electron chi connectivity index (χ3n) is 2.47. The van der Waals surface area contributed by atoms with E-state index in [0.29, 0.717) is 17.9 Å². The highest BCUT2D eigenvalue weighted by atomic mass is 16.5. The lowest BCUT2D eigenvalue weighted by molar-refractivity contribution is 0.101. The van der Waals surface area contributed by atoms with Crippen molar-refractivity contribution in [3.8, 4) is 11.8 Å². The topological polar surface area (TPSA) is 75.4 Å². The molecular formula is C15H14N2O3. The summed E-state index contributed by atoms with van der Waals surface area (Å²) in [5.41, 5.74) is 1.73. The average molecular weight is 270 g/mol. The summed E-state index contributed by atoms with van der Waals surface area (Å²) in [5, 5.41) is 15.0. The zero-order valence-corrected chi connectivity index (χ0v) is 11.0. The van der Waals surface area contributed by atoms with Gasteiger partial charge in [-0.15, -0.1) is 0 Å². The molecule has 0 bridgehead atoms. The Morgan fingerprint density at radius 3 is 2.75 bits per heavy atom. The maximum atomic E-state index is 11.8. The summed E-state index contributed by atoms with van der Waals surface area (Å²) < 4.78 is 4.85. The molecule has 0 aliphatic carbocycles. The highest BCUT2D eigenvalue weighted by Crippen LogP contribution is 2.11. The summed E-state index contributed by atoms with van der Waals surface area (Å²) in [6.45, 7) is 1.78. The molecule has 5 nitrogen and oxygen atoms in total. The summed E-state index contributed by atoms with van der Waals surface area (Å²) >= 11 is 0. The van der Waals surface area contributed by atoms with Gasteiger partial charge in [0.25, 0.3) is 5.91 Å². The molecule has 0 fully saturated rings. The molecule has 2 aromatic rings. The van der Waals surface area contributed by atoms with Crippen LogP contribution < -0.4 is 5.32 Å². The molecule has 0 unspecified atom stereocenters. The second kappa shape index (κ2) is 6.55. The fourth-order valence-electron chi connectivity index (χ4n) is 1.53. The number of carbonyl (C=O) groups excluding carboxylic acids is 1. The molecule has 20 heavy (non-hydrogen) atoms. The number of nitrogens with one attached hydrogen (secondary N) is 1. The van der Waals surface area contributed by atoms with Crippen molar-refractivity contribution in [2.24, 2.45) is 0 Å². The van der Waals surface area contributed by atoms with E-state index in [0.717, 1.165) is 5.56 Å². The zero-order valence-electron chi connectivity index (χ0n) is 11.0. The molecule has 102 valence electrons. The number of benzene rings is 1. The minimum atomic E-state index is -0.319. The Hall–Kier alpha value is -2.58. The minimum Gasteiger partial charge on any atom is -0.395 e. The lowest BCUT2D eigenvalue weighted by Crippen LogP contribution is -2.12. The van der Waals surface area contributed by atoms with Crippen LogP contribution in [0.25, 0.3) is 0 Å². The van der Waals surface area contributed by atoms with Crippen LogP contribution >= 0.6 is 0 Å². The molecule has 0 atom stereocenters. The van der Waals surface area contributed by atoms with E-state index in [4.69, 9.17) is 9.63 Å². The number of carbonyl (C=O) groups is 1. The summed E-state index contributed by atoms with van der Waals surface area (Å²) in [7, 11) is 0. The lowest BCUT2D eigenvalue weighted by atomic mass is 10.2. The summed E-state index contributed by atoms with van der Waals surface area (Å²) in [6.07, 6.45) is 0.448. The van der Waals surface area contributed by atoms with E-state index in [1.54, 1.807) is 37.3 Å². The predicted octanol–water partition coefficient (Wildman–Crippen LogP) is 1.97. The normalized spacial score (nSPS) is 9.70. The van der Waals surface area contributed by atoms with Gasteiger partial charge >= 0.3 is 0 Å². The molecule has 1 heterocycles. The van der Waals surface area contributed by atoms with E-state index in [1.807, 2.05) is 0 Å². The van der Waals surface area contributed by atoms with E-state index in [1.165, 1.54) is 0 Å². The molecule has 0 aliphatic heterocycles. The number of rotatable bonds is 3. The van der Waals surface area contributed by atoms with E-state index in [-0.39, 0.29) is 18.2 Å². The molecule has 1 aromatic carbocycles. The fraction of sp³-hybridized carbons (Fsp3) is 0.200. The van der Waals surface area contributed by atoms with Gasteiger partial charge in [0.1, 0.15) is 5.76 Å². The molecule has 1 amide bonds. The van der Waals surface area contributed by atoms with Crippen molar-refractivity contribution >= 4 is 11.6 Å². The molecule has 0 saturated heterocycles. The predicted molar refractivity (Wildman–Crippen MR) is 74.2 cm³/mol. The number of hydrogen-bond donors (Lipinski definition) is 2. The maximum Gasteiger partial charge on any atom is 0.277 e. The van der Waals surface area contributed by atoms with E-state index >= 15 is 0 Å². The number of hydrogen-bond acceptors (Lipinski definition) is 4. The Morgan fingerprint density at radius 2 is 2.15 bits per heavy atom. The molecule has 0 saturated carbocycles. The first-order valence-corrected chi connectivity index (χ1v) is 6.13. The molecule has 0 radical (unpaired) electrons. The average Bonchev–Trinajstić information content (AvgIpc) is 2.88.